The van der Waals surface area contributed by atoms with E-state index in [1.54, 1.807) is 0 Å². The molecule has 3 rings (SSSR count). The molecule has 1 saturated carbocycles. The highest BCUT2D eigenvalue weighted by Gasteiger charge is 2.48. The molecule has 2 heterocycles. The van der Waals surface area contributed by atoms with Gasteiger partial charge in [-0.05, 0) is 31.6 Å². The van der Waals surface area contributed by atoms with Crippen LogP contribution in [-0.2, 0) is 9.47 Å². The van der Waals surface area contributed by atoms with Crippen LogP contribution in [0.2, 0.25) is 0 Å². The summed E-state index contributed by atoms with van der Waals surface area (Å²) in [4.78, 5) is 2.53. The minimum Gasteiger partial charge on any atom is -0.391 e. The molecule has 110 valence electrons. The van der Waals surface area contributed by atoms with E-state index < -0.39 is 0 Å². The summed E-state index contributed by atoms with van der Waals surface area (Å²) in [7, 11) is 0. The van der Waals surface area contributed by atoms with Crippen LogP contribution in [0.15, 0.2) is 0 Å². The SMILES string of the molecule is OC(C1CCOCC1)C1(N2CCOCC2)CCCC1. The zero-order valence-electron chi connectivity index (χ0n) is 11.9. The van der Waals surface area contributed by atoms with Gasteiger partial charge < -0.3 is 14.6 Å². The van der Waals surface area contributed by atoms with Crippen molar-refractivity contribution < 1.29 is 14.6 Å². The van der Waals surface area contributed by atoms with E-state index in [9.17, 15) is 5.11 Å². The van der Waals surface area contributed by atoms with E-state index in [1.807, 2.05) is 0 Å². The molecule has 0 aromatic heterocycles. The third-order valence-electron chi connectivity index (χ3n) is 5.37. The van der Waals surface area contributed by atoms with Crippen molar-refractivity contribution in [1.29, 1.82) is 0 Å². The van der Waals surface area contributed by atoms with Gasteiger partial charge in [-0.15, -0.1) is 0 Å². The molecule has 0 aromatic rings. The van der Waals surface area contributed by atoms with Crippen LogP contribution >= 0.6 is 0 Å². The Morgan fingerprint density at radius 1 is 0.947 bits per heavy atom. The highest BCUT2D eigenvalue weighted by Crippen LogP contribution is 2.42. The highest BCUT2D eigenvalue weighted by atomic mass is 16.5. The van der Waals surface area contributed by atoms with E-state index in [0.29, 0.717) is 5.92 Å². The lowest BCUT2D eigenvalue weighted by atomic mass is 9.77. The third kappa shape index (κ3) is 2.68. The van der Waals surface area contributed by atoms with Gasteiger partial charge in [0.15, 0.2) is 0 Å². The molecule has 4 nitrogen and oxygen atoms in total. The quantitative estimate of drug-likeness (QED) is 0.841. The molecule has 4 heteroatoms. The smallest absolute Gasteiger partial charge is 0.0753 e. The number of aliphatic hydroxyl groups excluding tert-OH is 1. The average molecular weight is 269 g/mol. The summed E-state index contributed by atoms with van der Waals surface area (Å²) in [5.41, 5.74) is 0.0335. The average Bonchev–Trinajstić information content (AvgIpc) is 2.99. The van der Waals surface area contributed by atoms with Crippen LogP contribution in [0, 0.1) is 5.92 Å². The van der Waals surface area contributed by atoms with Crippen LogP contribution in [0.5, 0.6) is 0 Å². The molecular weight excluding hydrogens is 242 g/mol. The first-order chi connectivity index (χ1) is 9.33. The Morgan fingerprint density at radius 2 is 1.53 bits per heavy atom. The van der Waals surface area contributed by atoms with Gasteiger partial charge in [-0.1, -0.05) is 12.8 Å². The van der Waals surface area contributed by atoms with Gasteiger partial charge in [-0.25, -0.2) is 0 Å². The lowest BCUT2D eigenvalue weighted by Gasteiger charge is -2.49. The Kier molecular flexibility index (Phi) is 4.42. The molecule has 0 amide bonds. The maximum atomic E-state index is 11.0. The fourth-order valence-corrected chi connectivity index (χ4v) is 4.27. The Bertz CT molecular complexity index is 279. The Morgan fingerprint density at radius 3 is 2.16 bits per heavy atom. The van der Waals surface area contributed by atoms with Crippen LogP contribution in [0.4, 0.5) is 0 Å². The number of ether oxygens (including phenoxy) is 2. The summed E-state index contributed by atoms with van der Waals surface area (Å²) in [6.07, 6.45) is 6.70. The second kappa shape index (κ2) is 6.08. The molecule has 0 radical (unpaired) electrons. The van der Waals surface area contributed by atoms with E-state index in [4.69, 9.17) is 9.47 Å². The maximum Gasteiger partial charge on any atom is 0.0753 e. The van der Waals surface area contributed by atoms with Crippen molar-refractivity contribution in [3.05, 3.63) is 0 Å². The third-order valence-corrected chi connectivity index (χ3v) is 5.37. The Hall–Kier alpha value is -0.160. The van der Waals surface area contributed by atoms with Crippen molar-refractivity contribution in [1.82, 2.24) is 4.90 Å². The fourth-order valence-electron chi connectivity index (χ4n) is 4.27. The molecule has 0 aromatic carbocycles. The first-order valence-corrected chi connectivity index (χ1v) is 7.91. The minimum atomic E-state index is -0.183. The van der Waals surface area contributed by atoms with Crippen LogP contribution in [-0.4, -0.2) is 61.2 Å². The van der Waals surface area contributed by atoms with Crippen molar-refractivity contribution in [2.75, 3.05) is 39.5 Å². The van der Waals surface area contributed by atoms with Crippen LogP contribution in [0.25, 0.3) is 0 Å². The Balaban J connectivity index is 1.74. The summed E-state index contributed by atoms with van der Waals surface area (Å²) in [5, 5.41) is 11.0. The van der Waals surface area contributed by atoms with Crippen molar-refractivity contribution in [3.63, 3.8) is 0 Å². The topological polar surface area (TPSA) is 41.9 Å². The molecule has 1 N–H and O–H groups in total. The van der Waals surface area contributed by atoms with Crippen LogP contribution in [0.3, 0.4) is 0 Å². The number of aliphatic hydroxyl groups is 1. The summed E-state index contributed by atoms with van der Waals surface area (Å²) < 4.78 is 10.9. The summed E-state index contributed by atoms with van der Waals surface area (Å²) in [5.74, 6) is 0.426. The molecule has 0 spiro atoms. The molecule has 3 aliphatic rings. The van der Waals surface area contributed by atoms with Gasteiger partial charge >= 0.3 is 0 Å². The molecule has 1 aliphatic carbocycles. The molecule has 2 saturated heterocycles. The predicted octanol–water partition coefficient (Wildman–Crippen LogP) is 1.42. The fraction of sp³-hybridized carbons (Fsp3) is 1.00. The standard InChI is InChI=1S/C15H27NO3/c17-14(13-3-9-18-10-4-13)15(5-1-2-6-15)16-7-11-19-12-8-16/h13-14,17H,1-12H2. The van der Waals surface area contributed by atoms with Gasteiger partial charge in [0.05, 0.1) is 19.3 Å². The van der Waals surface area contributed by atoms with Crippen LogP contribution in [0.1, 0.15) is 38.5 Å². The lowest BCUT2D eigenvalue weighted by molar-refractivity contribution is -0.108. The van der Waals surface area contributed by atoms with Crippen molar-refractivity contribution >= 4 is 0 Å². The normalized spacial score (nSPS) is 31.4. The second-order valence-corrected chi connectivity index (χ2v) is 6.30. The molecule has 2 aliphatic heterocycles. The van der Waals surface area contributed by atoms with Crippen molar-refractivity contribution in [2.24, 2.45) is 5.92 Å². The summed E-state index contributed by atoms with van der Waals surface area (Å²) >= 11 is 0. The van der Waals surface area contributed by atoms with Crippen molar-refractivity contribution in [2.45, 2.75) is 50.2 Å². The number of morpholine rings is 1. The van der Waals surface area contributed by atoms with Gasteiger partial charge in [-0.2, -0.15) is 0 Å². The van der Waals surface area contributed by atoms with Gasteiger partial charge in [0.25, 0.3) is 0 Å². The lowest BCUT2D eigenvalue weighted by Crippen LogP contribution is -2.60. The molecule has 19 heavy (non-hydrogen) atoms. The minimum absolute atomic E-state index is 0.0335. The first-order valence-electron chi connectivity index (χ1n) is 7.91. The number of hydrogen-bond donors (Lipinski definition) is 1. The van der Waals surface area contributed by atoms with E-state index >= 15 is 0 Å². The monoisotopic (exact) mass is 269 g/mol. The van der Waals surface area contributed by atoms with Gasteiger partial charge in [0.1, 0.15) is 0 Å². The second-order valence-electron chi connectivity index (χ2n) is 6.30. The molecule has 1 unspecified atom stereocenters. The van der Waals surface area contributed by atoms with Gasteiger partial charge in [0.2, 0.25) is 0 Å². The molecule has 0 bridgehead atoms. The molecule has 3 fully saturated rings. The van der Waals surface area contributed by atoms with Gasteiger partial charge in [-0.3, -0.25) is 4.90 Å². The zero-order valence-corrected chi connectivity index (χ0v) is 11.9. The van der Waals surface area contributed by atoms with E-state index in [1.165, 1.54) is 12.8 Å². The maximum absolute atomic E-state index is 11.0. The summed E-state index contributed by atoms with van der Waals surface area (Å²) in [6, 6.07) is 0. The van der Waals surface area contributed by atoms with Gasteiger partial charge in [0, 0.05) is 31.8 Å². The zero-order chi connectivity index (χ0) is 13.1. The van der Waals surface area contributed by atoms with E-state index in [2.05, 4.69) is 4.90 Å². The van der Waals surface area contributed by atoms with E-state index in [-0.39, 0.29) is 11.6 Å². The van der Waals surface area contributed by atoms with E-state index in [0.717, 1.165) is 65.2 Å². The summed E-state index contributed by atoms with van der Waals surface area (Å²) in [6.45, 7) is 5.26. The first kappa shape index (κ1) is 13.8. The largest absolute Gasteiger partial charge is 0.391 e. The Labute approximate surface area is 116 Å². The predicted molar refractivity (Wildman–Crippen MR) is 73.1 cm³/mol. The number of rotatable bonds is 3. The highest BCUT2D eigenvalue weighted by molar-refractivity contribution is 5.03. The van der Waals surface area contributed by atoms with Crippen LogP contribution < -0.4 is 0 Å². The molecule has 1 atom stereocenters. The number of hydrogen-bond acceptors (Lipinski definition) is 4. The number of nitrogens with zero attached hydrogens (tertiary/aromatic N) is 1. The van der Waals surface area contributed by atoms with Crippen molar-refractivity contribution in [3.8, 4) is 0 Å². The molecular formula is C15H27NO3.